The number of aromatic nitrogens is 3. The molecule has 4 rings (SSSR count). The summed E-state index contributed by atoms with van der Waals surface area (Å²) in [7, 11) is 3.91. The van der Waals surface area contributed by atoms with Crippen LogP contribution in [0.3, 0.4) is 0 Å². The molecule has 1 aliphatic heterocycles. The number of aryl methyl sites for hydroxylation is 2. The maximum atomic E-state index is 12.2. The van der Waals surface area contributed by atoms with Crippen molar-refractivity contribution in [3.8, 4) is 11.3 Å². The summed E-state index contributed by atoms with van der Waals surface area (Å²) in [6, 6.07) is 4.13. The number of anilines is 2. The summed E-state index contributed by atoms with van der Waals surface area (Å²) in [5.74, 6) is 0.855. The monoisotopic (exact) mass is 470 g/mol. The van der Waals surface area contributed by atoms with Crippen LogP contribution in [0.1, 0.15) is 28.1 Å². The lowest BCUT2D eigenvalue weighted by Crippen LogP contribution is -2.30. The third-order valence-electron chi connectivity index (χ3n) is 5.40. The van der Waals surface area contributed by atoms with E-state index in [1.54, 1.807) is 6.20 Å². The van der Waals surface area contributed by atoms with Gasteiger partial charge in [0.1, 0.15) is 5.82 Å². The van der Waals surface area contributed by atoms with Crippen LogP contribution < -0.4 is 10.2 Å². The van der Waals surface area contributed by atoms with E-state index < -0.39 is 0 Å². The lowest BCUT2D eigenvalue weighted by molar-refractivity contribution is -0.116. The Morgan fingerprint density at radius 2 is 2.06 bits per heavy atom. The van der Waals surface area contributed by atoms with Crippen molar-refractivity contribution >= 4 is 39.8 Å². The predicted molar refractivity (Wildman–Crippen MR) is 131 cm³/mol. The number of nitrogens with zero attached hydrogens (tertiary/aromatic N) is 5. The molecule has 0 bridgehead atoms. The van der Waals surface area contributed by atoms with Crippen LogP contribution in [0.4, 0.5) is 10.9 Å². The Morgan fingerprint density at radius 3 is 2.81 bits per heavy atom. The standard InChI is InChI=1S/C23H27ClN6OS/c1-14-9-15(2)22(26-11-14)16-10-20(25-12-17(16)24)30-8-5-18-19(13-30)32-23(27-18)28-21(31)6-7-29(3)4/h9-12H,5-8,13H2,1-4H3,(H,27,28,31). The second-order valence-corrected chi connectivity index (χ2v) is 9.85. The fourth-order valence-electron chi connectivity index (χ4n) is 3.73. The predicted octanol–water partition coefficient (Wildman–Crippen LogP) is 4.32. The average molecular weight is 471 g/mol. The van der Waals surface area contributed by atoms with E-state index in [1.165, 1.54) is 11.3 Å². The Bertz CT molecular complexity index is 1150. The summed E-state index contributed by atoms with van der Waals surface area (Å²) < 4.78 is 0. The molecule has 3 aromatic heterocycles. The molecule has 3 aromatic rings. The lowest BCUT2D eigenvalue weighted by atomic mass is 10.1. The second kappa shape index (κ2) is 9.52. The zero-order valence-corrected chi connectivity index (χ0v) is 20.3. The molecule has 1 aliphatic rings. The normalized spacial score (nSPS) is 13.4. The van der Waals surface area contributed by atoms with Gasteiger partial charge in [-0.2, -0.15) is 0 Å². The first-order chi connectivity index (χ1) is 15.3. The first kappa shape index (κ1) is 22.6. The van der Waals surface area contributed by atoms with E-state index in [2.05, 4.69) is 31.2 Å². The molecule has 0 atom stereocenters. The minimum Gasteiger partial charge on any atom is -0.351 e. The molecule has 0 spiro atoms. The molecule has 7 nitrogen and oxygen atoms in total. The van der Waals surface area contributed by atoms with Gasteiger partial charge in [0, 0.05) is 48.8 Å². The van der Waals surface area contributed by atoms with Gasteiger partial charge in [0.05, 0.1) is 23.0 Å². The highest BCUT2D eigenvalue weighted by molar-refractivity contribution is 7.15. The zero-order chi connectivity index (χ0) is 22.8. The van der Waals surface area contributed by atoms with E-state index in [0.29, 0.717) is 29.7 Å². The van der Waals surface area contributed by atoms with Gasteiger partial charge in [-0.1, -0.05) is 29.0 Å². The van der Waals surface area contributed by atoms with Gasteiger partial charge in [-0.3, -0.25) is 9.78 Å². The van der Waals surface area contributed by atoms with Gasteiger partial charge >= 0.3 is 0 Å². The number of thiazole rings is 1. The molecule has 0 aliphatic carbocycles. The molecule has 0 aromatic carbocycles. The van der Waals surface area contributed by atoms with Crippen LogP contribution in [0.25, 0.3) is 11.3 Å². The third-order valence-corrected chi connectivity index (χ3v) is 6.70. The number of hydrogen-bond donors (Lipinski definition) is 1. The molecular formula is C23H27ClN6OS. The number of pyridine rings is 2. The fraction of sp³-hybridized carbons (Fsp3) is 0.391. The summed E-state index contributed by atoms with van der Waals surface area (Å²) >= 11 is 8.03. The highest BCUT2D eigenvalue weighted by Crippen LogP contribution is 2.34. The van der Waals surface area contributed by atoms with Crippen LogP contribution in [0.5, 0.6) is 0 Å². The molecule has 1 amide bonds. The molecule has 1 N–H and O–H groups in total. The van der Waals surface area contributed by atoms with Gasteiger partial charge in [-0.15, -0.1) is 0 Å². The molecule has 168 valence electrons. The number of nitrogens with one attached hydrogen (secondary N) is 1. The van der Waals surface area contributed by atoms with E-state index in [9.17, 15) is 4.79 Å². The van der Waals surface area contributed by atoms with Gasteiger partial charge in [-0.05, 0) is 45.1 Å². The van der Waals surface area contributed by atoms with Crippen molar-refractivity contribution in [2.45, 2.75) is 33.2 Å². The molecule has 0 fully saturated rings. The molecule has 9 heteroatoms. The Morgan fingerprint density at radius 1 is 1.25 bits per heavy atom. The molecule has 0 unspecified atom stereocenters. The van der Waals surface area contributed by atoms with Gasteiger partial charge in [-0.25, -0.2) is 9.97 Å². The minimum atomic E-state index is -0.00775. The van der Waals surface area contributed by atoms with Gasteiger partial charge in [0.25, 0.3) is 0 Å². The van der Waals surface area contributed by atoms with Crippen LogP contribution in [0, 0.1) is 13.8 Å². The van der Waals surface area contributed by atoms with E-state index in [-0.39, 0.29) is 5.91 Å². The quantitative estimate of drug-likeness (QED) is 0.578. The van der Waals surface area contributed by atoms with E-state index in [1.807, 2.05) is 45.1 Å². The highest BCUT2D eigenvalue weighted by Gasteiger charge is 2.23. The summed E-state index contributed by atoms with van der Waals surface area (Å²) in [5.41, 5.74) is 5.03. The third kappa shape index (κ3) is 5.09. The number of carbonyl (C=O) groups excluding carboxylic acids is 1. The number of carbonyl (C=O) groups is 1. The number of amides is 1. The molecule has 0 saturated heterocycles. The topological polar surface area (TPSA) is 74.2 Å². The van der Waals surface area contributed by atoms with E-state index in [0.717, 1.165) is 51.7 Å². The maximum Gasteiger partial charge on any atom is 0.227 e. The minimum absolute atomic E-state index is 0.00775. The number of halogens is 1. The maximum absolute atomic E-state index is 12.2. The van der Waals surface area contributed by atoms with Crippen LogP contribution in [0.2, 0.25) is 5.02 Å². The number of hydrogen-bond acceptors (Lipinski definition) is 7. The molecule has 0 radical (unpaired) electrons. The summed E-state index contributed by atoms with van der Waals surface area (Å²) in [6.07, 6.45) is 4.82. The summed E-state index contributed by atoms with van der Waals surface area (Å²) in [4.78, 5) is 31.4. The van der Waals surface area contributed by atoms with Crippen molar-refractivity contribution in [3.63, 3.8) is 0 Å². The fourth-order valence-corrected chi connectivity index (χ4v) is 4.96. The van der Waals surface area contributed by atoms with Crippen LogP contribution in [-0.4, -0.2) is 52.9 Å². The molecule has 32 heavy (non-hydrogen) atoms. The van der Waals surface area contributed by atoms with Crippen LogP contribution >= 0.6 is 22.9 Å². The number of fused-ring (bicyclic) bond motifs is 1. The van der Waals surface area contributed by atoms with Crippen molar-refractivity contribution < 1.29 is 4.79 Å². The van der Waals surface area contributed by atoms with Crippen molar-refractivity contribution in [3.05, 3.63) is 51.2 Å². The SMILES string of the molecule is Cc1cnc(-c2cc(N3CCc4nc(NC(=O)CCN(C)C)sc4C3)ncc2Cl)c(C)c1. The molecule has 4 heterocycles. The smallest absolute Gasteiger partial charge is 0.227 e. The lowest BCUT2D eigenvalue weighted by Gasteiger charge is -2.27. The summed E-state index contributed by atoms with van der Waals surface area (Å²) in [5, 5.41) is 4.20. The van der Waals surface area contributed by atoms with Crippen molar-refractivity contribution in [2.24, 2.45) is 0 Å². The van der Waals surface area contributed by atoms with Crippen molar-refractivity contribution in [2.75, 3.05) is 37.4 Å². The summed E-state index contributed by atoms with van der Waals surface area (Å²) in [6.45, 7) is 6.30. The Balaban J connectivity index is 1.51. The Hall–Kier alpha value is -2.55. The Kier molecular flexibility index (Phi) is 6.74. The van der Waals surface area contributed by atoms with Crippen LogP contribution in [0.15, 0.2) is 24.5 Å². The zero-order valence-electron chi connectivity index (χ0n) is 18.8. The highest BCUT2D eigenvalue weighted by atomic mass is 35.5. The van der Waals surface area contributed by atoms with E-state index >= 15 is 0 Å². The average Bonchev–Trinajstić information content (AvgIpc) is 3.14. The van der Waals surface area contributed by atoms with Crippen LogP contribution in [-0.2, 0) is 17.8 Å². The van der Waals surface area contributed by atoms with Gasteiger partial charge < -0.3 is 15.1 Å². The van der Waals surface area contributed by atoms with E-state index in [4.69, 9.17) is 11.6 Å². The number of rotatable bonds is 6. The van der Waals surface area contributed by atoms with Gasteiger partial charge in [0.2, 0.25) is 5.91 Å². The first-order valence-corrected chi connectivity index (χ1v) is 11.8. The molecule has 0 saturated carbocycles. The van der Waals surface area contributed by atoms with Crippen molar-refractivity contribution in [1.29, 1.82) is 0 Å². The largest absolute Gasteiger partial charge is 0.351 e. The first-order valence-electron chi connectivity index (χ1n) is 10.6. The van der Waals surface area contributed by atoms with Crippen molar-refractivity contribution in [1.82, 2.24) is 19.9 Å². The van der Waals surface area contributed by atoms with Gasteiger partial charge in [0.15, 0.2) is 5.13 Å². The molecular weight excluding hydrogens is 444 g/mol. The Labute approximate surface area is 197 Å². The second-order valence-electron chi connectivity index (χ2n) is 8.36.